The number of furan rings is 1. The molecule has 80 valence electrons. The van der Waals surface area contributed by atoms with Crippen LogP contribution in [0.1, 0.15) is 24.1 Å². The maximum Gasteiger partial charge on any atom is 0.132 e. The summed E-state index contributed by atoms with van der Waals surface area (Å²) in [7, 11) is 1.95. The maximum absolute atomic E-state index is 9.77. The summed E-state index contributed by atoms with van der Waals surface area (Å²) < 4.78 is 7.07. The van der Waals surface area contributed by atoms with Gasteiger partial charge in [-0.25, -0.2) is 4.98 Å². The zero-order valence-corrected chi connectivity index (χ0v) is 8.63. The minimum Gasteiger partial charge on any atom is -0.467 e. The fourth-order valence-electron chi connectivity index (χ4n) is 1.53. The van der Waals surface area contributed by atoms with E-state index < -0.39 is 6.10 Å². The summed E-state index contributed by atoms with van der Waals surface area (Å²) in [5, 5.41) is 9.77. The molecule has 0 bridgehead atoms. The SMILES string of the molecule is Cn1ccnc1CCC(O)c1ccco1. The van der Waals surface area contributed by atoms with E-state index in [4.69, 9.17) is 4.42 Å². The third-order valence-electron chi connectivity index (χ3n) is 2.43. The average Bonchev–Trinajstić information content (AvgIpc) is 2.85. The lowest BCUT2D eigenvalue weighted by molar-refractivity contribution is 0.139. The number of aromatic nitrogens is 2. The van der Waals surface area contributed by atoms with Gasteiger partial charge in [0.2, 0.25) is 0 Å². The highest BCUT2D eigenvalue weighted by molar-refractivity contribution is 5.02. The van der Waals surface area contributed by atoms with Gasteiger partial charge in [-0.2, -0.15) is 0 Å². The summed E-state index contributed by atoms with van der Waals surface area (Å²) in [5.41, 5.74) is 0. The summed E-state index contributed by atoms with van der Waals surface area (Å²) in [4.78, 5) is 4.19. The summed E-state index contributed by atoms with van der Waals surface area (Å²) in [5.74, 6) is 1.59. The minimum absolute atomic E-state index is 0.545. The van der Waals surface area contributed by atoms with Crippen molar-refractivity contribution < 1.29 is 9.52 Å². The van der Waals surface area contributed by atoms with Crippen molar-refractivity contribution >= 4 is 0 Å². The third-order valence-corrected chi connectivity index (χ3v) is 2.43. The molecule has 1 atom stereocenters. The van der Waals surface area contributed by atoms with Crippen molar-refractivity contribution in [1.82, 2.24) is 9.55 Å². The van der Waals surface area contributed by atoms with Gasteiger partial charge in [-0.3, -0.25) is 0 Å². The van der Waals surface area contributed by atoms with Crippen LogP contribution < -0.4 is 0 Å². The Morgan fingerprint density at radius 3 is 3.07 bits per heavy atom. The molecule has 0 aliphatic heterocycles. The normalized spacial score (nSPS) is 12.9. The van der Waals surface area contributed by atoms with Gasteiger partial charge < -0.3 is 14.1 Å². The van der Waals surface area contributed by atoms with Gasteiger partial charge in [-0.15, -0.1) is 0 Å². The first-order valence-corrected chi connectivity index (χ1v) is 4.95. The standard InChI is InChI=1S/C11H14N2O2/c1-13-7-6-12-11(13)5-4-9(14)10-3-2-8-15-10/h2-3,6-9,14H,4-5H2,1H3. The lowest BCUT2D eigenvalue weighted by Crippen LogP contribution is -2.02. The molecule has 4 nitrogen and oxygen atoms in total. The molecule has 0 aliphatic rings. The molecule has 0 aromatic carbocycles. The average molecular weight is 206 g/mol. The Morgan fingerprint density at radius 2 is 2.47 bits per heavy atom. The fraction of sp³-hybridized carbons (Fsp3) is 0.364. The summed E-state index contributed by atoms with van der Waals surface area (Å²) >= 11 is 0. The van der Waals surface area contributed by atoms with Crippen molar-refractivity contribution in [2.45, 2.75) is 18.9 Å². The number of rotatable bonds is 4. The predicted octanol–water partition coefficient (Wildman–Crippen LogP) is 1.68. The third kappa shape index (κ3) is 2.27. The van der Waals surface area contributed by atoms with Crippen LogP contribution in [0.3, 0.4) is 0 Å². The second-order valence-electron chi connectivity index (χ2n) is 3.52. The van der Waals surface area contributed by atoms with Gasteiger partial charge in [-0.1, -0.05) is 0 Å². The zero-order valence-electron chi connectivity index (χ0n) is 8.63. The van der Waals surface area contributed by atoms with Crippen LogP contribution in [0.2, 0.25) is 0 Å². The van der Waals surface area contributed by atoms with Crippen molar-refractivity contribution in [3.05, 3.63) is 42.4 Å². The van der Waals surface area contributed by atoms with Gasteiger partial charge >= 0.3 is 0 Å². The number of hydrogen-bond donors (Lipinski definition) is 1. The fourth-order valence-corrected chi connectivity index (χ4v) is 1.53. The van der Waals surface area contributed by atoms with Crippen LogP contribution in [0.4, 0.5) is 0 Å². The van der Waals surface area contributed by atoms with E-state index in [2.05, 4.69) is 4.98 Å². The molecule has 2 rings (SSSR count). The van der Waals surface area contributed by atoms with Gasteiger partial charge in [0.05, 0.1) is 6.26 Å². The van der Waals surface area contributed by atoms with Crippen LogP contribution >= 0.6 is 0 Å². The smallest absolute Gasteiger partial charge is 0.132 e. The summed E-state index contributed by atoms with van der Waals surface area (Å²) in [6, 6.07) is 3.56. The van der Waals surface area contributed by atoms with Crippen LogP contribution in [0, 0.1) is 0 Å². The van der Waals surface area contributed by atoms with E-state index in [1.165, 1.54) is 0 Å². The molecule has 1 unspecified atom stereocenters. The van der Waals surface area contributed by atoms with Gasteiger partial charge in [0.15, 0.2) is 0 Å². The first-order chi connectivity index (χ1) is 7.27. The number of aliphatic hydroxyl groups excluding tert-OH is 1. The van der Waals surface area contributed by atoms with E-state index in [0.29, 0.717) is 12.2 Å². The highest BCUT2D eigenvalue weighted by Gasteiger charge is 2.11. The molecular formula is C11H14N2O2. The number of imidazole rings is 1. The molecule has 0 saturated heterocycles. The molecule has 2 aromatic rings. The number of nitrogens with zero attached hydrogens (tertiary/aromatic N) is 2. The van der Waals surface area contributed by atoms with Gasteiger partial charge in [-0.05, 0) is 18.6 Å². The van der Waals surface area contributed by atoms with E-state index in [1.807, 2.05) is 17.8 Å². The van der Waals surface area contributed by atoms with E-state index in [9.17, 15) is 5.11 Å². The number of hydrogen-bond acceptors (Lipinski definition) is 3. The van der Waals surface area contributed by atoms with Crippen LogP contribution in [0.25, 0.3) is 0 Å². The van der Waals surface area contributed by atoms with Crippen molar-refractivity contribution in [3.63, 3.8) is 0 Å². The predicted molar refractivity (Wildman–Crippen MR) is 55.2 cm³/mol. The van der Waals surface area contributed by atoms with Crippen molar-refractivity contribution in [1.29, 1.82) is 0 Å². The topological polar surface area (TPSA) is 51.2 Å². The molecule has 0 radical (unpaired) electrons. The molecule has 0 aliphatic carbocycles. The molecule has 0 spiro atoms. The van der Waals surface area contributed by atoms with Crippen LogP contribution in [0.15, 0.2) is 35.2 Å². The minimum atomic E-state index is -0.545. The molecule has 2 aromatic heterocycles. The monoisotopic (exact) mass is 206 g/mol. The molecule has 1 N–H and O–H groups in total. The Hall–Kier alpha value is -1.55. The molecule has 2 heterocycles. The lowest BCUT2D eigenvalue weighted by Gasteiger charge is -2.07. The molecule has 0 amide bonds. The van der Waals surface area contributed by atoms with E-state index >= 15 is 0 Å². The Bertz CT molecular complexity index is 406. The second-order valence-corrected chi connectivity index (χ2v) is 3.52. The van der Waals surface area contributed by atoms with Crippen molar-refractivity contribution in [2.75, 3.05) is 0 Å². The molecule has 0 fully saturated rings. The van der Waals surface area contributed by atoms with Crippen molar-refractivity contribution in [3.8, 4) is 0 Å². The first kappa shape index (κ1) is 9.98. The highest BCUT2D eigenvalue weighted by Crippen LogP contribution is 2.18. The molecule has 15 heavy (non-hydrogen) atoms. The number of aryl methyl sites for hydroxylation is 2. The second kappa shape index (κ2) is 4.31. The van der Waals surface area contributed by atoms with E-state index in [1.54, 1.807) is 24.6 Å². The van der Waals surface area contributed by atoms with E-state index in [0.717, 1.165) is 12.2 Å². The van der Waals surface area contributed by atoms with Crippen LogP contribution in [-0.2, 0) is 13.5 Å². The Morgan fingerprint density at radius 1 is 1.60 bits per heavy atom. The van der Waals surface area contributed by atoms with Gasteiger partial charge in [0.1, 0.15) is 17.7 Å². The molecule has 4 heteroatoms. The lowest BCUT2D eigenvalue weighted by atomic mass is 10.1. The zero-order chi connectivity index (χ0) is 10.7. The maximum atomic E-state index is 9.77. The number of aliphatic hydroxyl groups is 1. The Balaban J connectivity index is 1.91. The van der Waals surface area contributed by atoms with Crippen molar-refractivity contribution in [2.24, 2.45) is 7.05 Å². The first-order valence-electron chi connectivity index (χ1n) is 4.95. The van der Waals surface area contributed by atoms with Gasteiger partial charge in [0, 0.05) is 25.9 Å². The Labute approximate surface area is 88.2 Å². The largest absolute Gasteiger partial charge is 0.467 e. The Kier molecular flexibility index (Phi) is 2.87. The highest BCUT2D eigenvalue weighted by atomic mass is 16.4. The molecule has 0 saturated carbocycles. The molecular weight excluding hydrogens is 192 g/mol. The van der Waals surface area contributed by atoms with E-state index in [-0.39, 0.29) is 0 Å². The van der Waals surface area contributed by atoms with Gasteiger partial charge in [0.25, 0.3) is 0 Å². The summed E-state index contributed by atoms with van der Waals surface area (Å²) in [6.07, 6.45) is 6.04. The summed E-state index contributed by atoms with van der Waals surface area (Å²) in [6.45, 7) is 0. The van der Waals surface area contributed by atoms with Crippen LogP contribution in [0.5, 0.6) is 0 Å². The quantitative estimate of drug-likeness (QED) is 0.828. The van der Waals surface area contributed by atoms with Crippen LogP contribution in [-0.4, -0.2) is 14.7 Å².